The molecule has 6 heteroatoms. The lowest BCUT2D eigenvalue weighted by molar-refractivity contribution is 0.102. The van der Waals surface area contributed by atoms with Crippen molar-refractivity contribution in [1.82, 2.24) is 4.98 Å². The molecule has 0 aliphatic heterocycles. The first kappa shape index (κ1) is 15.8. The van der Waals surface area contributed by atoms with Crippen LogP contribution in [0, 0.1) is 5.82 Å². The maximum absolute atomic E-state index is 13.7. The van der Waals surface area contributed by atoms with Gasteiger partial charge in [0.1, 0.15) is 5.82 Å². The predicted molar refractivity (Wildman–Crippen MR) is 96.6 cm³/mol. The number of H-pyrrole nitrogens is 1. The number of halogens is 1. The smallest absolute Gasteiger partial charge is 0.408 e. The van der Waals surface area contributed by atoms with Crippen molar-refractivity contribution < 1.29 is 13.6 Å². The highest BCUT2D eigenvalue weighted by Gasteiger charge is 2.15. The number of nitrogens with one attached hydrogen (secondary N) is 2. The molecule has 2 N–H and O–H groups in total. The third kappa shape index (κ3) is 3.00. The summed E-state index contributed by atoms with van der Waals surface area (Å²) in [5.41, 5.74) is 2.98. The van der Waals surface area contributed by atoms with Gasteiger partial charge in [-0.25, -0.2) is 9.18 Å². The molecule has 0 saturated carbocycles. The minimum Gasteiger partial charge on any atom is -0.408 e. The molecule has 1 aromatic heterocycles. The summed E-state index contributed by atoms with van der Waals surface area (Å²) in [6.07, 6.45) is 0. The van der Waals surface area contributed by atoms with Crippen LogP contribution in [0.5, 0.6) is 0 Å². The minimum absolute atomic E-state index is 0.219. The molecule has 0 radical (unpaired) electrons. The number of carbonyl (C=O) groups is 1. The number of fused-ring (bicyclic) bond motifs is 1. The molecule has 1 heterocycles. The Morgan fingerprint density at radius 3 is 2.62 bits per heavy atom. The van der Waals surface area contributed by atoms with E-state index < -0.39 is 17.5 Å². The van der Waals surface area contributed by atoms with Crippen LogP contribution in [0.1, 0.15) is 10.4 Å². The normalized spacial score (nSPS) is 10.8. The summed E-state index contributed by atoms with van der Waals surface area (Å²) in [5.74, 6) is -1.52. The van der Waals surface area contributed by atoms with Gasteiger partial charge in [0.2, 0.25) is 0 Å². The SMILES string of the molecule is O=C(Nc1ccc2oc(=O)[nH]c2c1)c1cc(F)ccc1-c1ccccc1. The number of aromatic amines is 1. The Morgan fingerprint density at radius 1 is 1.00 bits per heavy atom. The van der Waals surface area contributed by atoms with E-state index in [0.717, 1.165) is 5.56 Å². The summed E-state index contributed by atoms with van der Waals surface area (Å²) in [6.45, 7) is 0. The first-order valence-electron chi connectivity index (χ1n) is 7.89. The molecular weight excluding hydrogens is 335 g/mol. The van der Waals surface area contributed by atoms with Crippen LogP contribution in [0.4, 0.5) is 10.1 Å². The molecular formula is C20H13FN2O3. The topological polar surface area (TPSA) is 75.1 Å². The Morgan fingerprint density at radius 2 is 1.81 bits per heavy atom. The summed E-state index contributed by atoms with van der Waals surface area (Å²) >= 11 is 0. The van der Waals surface area contributed by atoms with Gasteiger partial charge in [-0.1, -0.05) is 36.4 Å². The molecule has 0 spiro atoms. The zero-order valence-electron chi connectivity index (χ0n) is 13.5. The second-order valence-corrected chi connectivity index (χ2v) is 5.74. The van der Waals surface area contributed by atoms with Crippen molar-refractivity contribution in [1.29, 1.82) is 0 Å². The fourth-order valence-electron chi connectivity index (χ4n) is 2.80. The number of oxazole rings is 1. The second-order valence-electron chi connectivity index (χ2n) is 5.74. The average molecular weight is 348 g/mol. The lowest BCUT2D eigenvalue weighted by atomic mass is 9.99. The van der Waals surface area contributed by atoms with Crippen LogP contribution in [0.25, 0.3) is 22.2 Å². The Balaban J connectivity index is 1.71. The van der Waals surface area contributed by atoms with Crippen molar-refractivity contribution >= 4 is 22.7 Å². The van der Waals surface area contributed by atoms with E-state index in [1.807, 2.05) is 30.3 Å². The summed E-state index contributed by atoms with van der Waals surface area (Å²) in [7, 11) is 0. The van der Waals surface area contributed by atoms with Gasteiger partial charge in [-0.3, -0.25) is 9.78 Å². The number of anilines is 1. The number of benzene rings is 3. The maximum Gasteiger partial charge on any atom is 0.417 e. The standard InChI is InChI=1S/C20H13FN2O3/c21-13-6-8-15(12-4-2-1-3-5-12)16(10-13)19(24)22-14-7-9-18-17(11-14)23-20(25)26-18/h1-11H,(H,22,24)(H,23,25). The van der Waals surface area contributed by atoms with Gasteiger partial charge in [-0.15, -0.1) is 0 Å². The molecule has 4 aromatic rings. The van der Waals surface area contributed by atoms with Crippen molar-refractivity contribution in [2.75, 3.05) is 5.32 Å². The van der Waals surface area contributed by atoms with Crippen LogP contribution in [-0.4, -0.2) is 10.9 Å². The third-order valence-corrected chi connectivity index (χ3v) is 3.99. The fraction of sp³-hybridized carbons (Fsp3) is 0. The van der Waals surface area contributed by atoms with Gasteiger partial charge in [0.05, 0.1) is 11.1 Å². The average Bonchev–Trinajstić information content (AvgIpc) is 3.01. The third-order valence-electron chi connectivity index (χ3n) is 3.99. The van der Waals surface area contributed by atoms with Crippen LogP contribution in [0.3, 0.4) is 0 Å². The molecule has 0 atom stereocenters. The maximum atomic E-state index is 13.7. The number of carbonyl (C=O) groups excluding carboxylic acids is 1. The molecule has 0 bridgehead atoms. The number of hydrogen-bond acceptors (Lipinski definition) is 3. The summed E-state index contributed by atoms with van der Waals surface area (Å²) in [6, 6.07) is 18.2. The minimum atomic E-state index is -0.569. The molecule has 5 nitrogen and oxygen atoms in total. The number of amides is 1. The molecule has 128 valence electrons. The van der Waals surface area contributed by atoms with Gasteiger partial charge in [0.15, 0.2) is 5.58 Å². The zero-order valence-corrected chi connectivity index (χ0v) is 13.5. The lowest BCUT2D eigenvalue weighted by Gasteiger charge is -2.11. The summed E-state index contributed by atoms with van der Waals surface area (Å²) in [5, 5.41) is 2.73. The van der Waals surface area contributed by atoms with E-state index >= 15 is 0 Å². The Bertz CT molecular complexity index is 1160. The highest BCUT2D eigenvalue weighted by atomic mass is 19.1. The Labute approximate surface area is 147 Å². The molecule has 0 saturated heterocycles. The zero-order chi connectivity index (χ0) is 18.1. The lowest BCUT2D eigenvalue weighted by Crippen LogP contribution is -2.13. The van der Waals surface area contributed by atoms with E-state index in [1.54, 1.807) is 24.3 Å². The molecule has 26 heavy (non-hydrogen) atoms. The van der Waals surface area contributed by atoms with Crippen molar-refractivity contribution in [3.63, 3.8) is 0 Å². The molecule has 4 rings (SSSR count). The van der Waals surface area contributed by atoms with E-state index in [9.17, 15) is 14.0 Å². The van der Waals surface area contributed by atoms with E-state index in [1.165, 1.54) is 12.1 Å². The predicted octanol–water partition coefficient (Wildman–Crippen LogP) is 4.18. The van der Waals surface area contributed by atoms with Gasteiger partial charge in [-0.2, -0.15) is 0 Å². The largest absolute Gasteiger partial charge is 0.417 e. The fourth-order valence-corrected chi connectivity index (χ4v) is 2.80. The molecule has 0 unspecified atom stereocenters. The van der Waals surface area contributed by atoms with E-state index in [-0.39, 0.29) is 5.56 Å². The quantitative estimate of drug-likeness (QED) is 0.583. The molecule has 3 aromatic carbocycles. The summed E-state index contributed by atoms with van der Waals surface area (Å²) < 4.78 is 18.7. The van der Waals surface area contributed by atoms with Crippen LogP contribution in [0.2, 0.25) is 0 Å². The van der Waals surface area contributed by atoms with Crippen LogP contribution >= 0.6 is 0 Å². The second kappa shape index (κ2) is 6.33. The first-order chi connectivity index (χ1) is 12.6. The molecule has 0 aliphatic rings. The monoisotopic (exact) mass is 348 g/mol. The number of rotatable bonds is 3. The molecule has 0 aliphatic carbocycles. The highest BCUT2D eigenvalue weighted by molar-refractivity contribution is 6.09. The Hall–Kier alpha value is -3.67. The van der Waals surface area contributed by atoms with Gasteiger partial charge in [-0.05, 0) is 41.5 Å². The van der Waals surface area contributed by atoms with Crippen molar-refractivity contribution in [2.45, 2.75) is 0 Å². The van der Waals surface area contributed by atoms with Crippen LogP contribution < -0.4 is 11.1 Å². The number of aromatic nitrogens is 1. The molecule has 1 amide bonds. The van der Waals surface area contributed by atoms with Gasteiger partial charge in [0.25, 0.3) is 5.91 Å². The highest BCUT2D eigenvalue weighted by Crippen LogP contribution is 2.26. The first-order valence-corrected chi connectivity index (χ1v) is 7.89. The van der Waals surface area contributed by atoms with Gasteiger partial charge in [0, 0.05) is 5.69 Å². The Kier molecular flexibility index (Phi) is 3.85. The number of hydrogen-bond donors (Lipinski definition) is 2. The van der Waals surface area contributed by atoms with E-state index in [2.05, 4.69) is 10.3 Å². The molecule has 0 fully saturated rings. The van der Waals surface area contributed by atoms with Gasteiger partial charge < -0.3 is 9.73 Å². The van der Waals surface area contributed by atoms with Crippen LogP contribution in [-0.2, 0) is 0 Å². The van der Waals surface area contributed by atoms with E-state index in [4.69, 9.17) is 4.42 Å². The van der Waals surface area contributed by atoms with Crippen molar-refractivity contribution in [2.24, 2.45) is 0 Å². The van der Waals surface area contributed by atoms with Gasteiger partial charge >= 0.3 is 5.76 Å². The summed E-state index contributed by atoms with van der Waals surface area (Å²) in [4.78, 5) is 26.5. The van der Waals surface area contributed by atoms with Crippen molar-refractivity contribution in [3.05, 3.63) is 88.7 Å². The van der Waals surface area contributed by atoms with E-state index in [0.29, 0.717) is 22.4 Å². The van der Waals surface area contributed by atoms with Crippen molar-refractivity contribution in [3.8, 4) is 11.1 Å². The van der Waals surface area contributed by atoms with Crippen LogP contribution in [0.15, 0.2) is 75.9 Å².